The molecular weight excluding hydrogens is 370 g/mol. The number of aromatic nitrogens is 1. The second-order valence-corrected chi connectivity index (χ2v) is 7.86. The minimum atomic E-state index is -0.0418. The Bertz CT molecular complexity index is 957. The fourth-order valence-corrected chi connectivity index (χ4v) is 3.34. The van der Waals surface area contributed by atoms with Gasteiger partial charge in [-0.25, -0.2) is 0 Å². The lowest BCUT2D eigenvalue weighted by Crippen LogP contribution is -3.06. The third-order valence-electron chi connectivity index (χ3n) is 4.83. The number of carbonyl (C=O) groups excluding carboxylic acids is 1. The predicted molar refractivity (Wildman–Crippen MR) is 116 cm³/mol. The third kappa shape index (κ3) is 4.46. The first-order chi connectivity index (χ1) is 13.4. The van der Waals surface area contributed by atoms with Crippen molar-refractivity contribution < 1.29 is 9.69 Å². The van der Waals surface area contributed by atoms with E-state index in [1.54, 1.807) is 0 Å². The number of likely N-dealkylation sites (N-methyl/N-ethyl adjacent to an activating group) is 1. The van der Waals surface area contributed by atoms with Crippen molar-refractivity contribution in [3.63, 3.8) is 0 Å². The number of hydrogen-bond acceptors (Lipinski definition) is 1. The lowest BCUT2D eigenvalue weighted by Gasteiger charge is -2.13. The summed E-state index contributed by atoms with van der Waals surface area (Å²) in [6, 6.07) is 18.0. The zero-order chi connectivity index (χ0) is 20.3. The van der Waals surface area contributed by atoms with E-state index in [1.807, 2.05) is 37.3 Å². The summed E-state index contributed by atoms with van der Waals surface area (Å²) in [6.07, 6.45) is 0. The lowest BCUT2D eigenvalue weighted by atomic mass is 10.1. The third-order valence-corrected chi connectivity index (χ3v) is 5.09. The highest BCUT2D eigenvalue weighted by Gasteiger charge is 2.19. The molecule has 1 aromatic heterocycles. The summed E-state index contributed by atoms with van der Waals surface area (Å²) >= 11 is 6.07. The highest BCUT2D eigenvalue weighted by atomic mass is 35.5. The monoisotopic (exact) mass is 396 g/mol. The maximum atomic E-state index is 12.8. The van der Waals surface area contributed by atoms with Gasteiger partial charge in [0.25, 0.3) is 5.91 Å². The molecule has 2 N–H and O–H groups in total. The number of halogens is 1. The van der Waals surface area contributed by atoms with Crippen LogP contribution in [-0.4, -0.2) is 37.7 Å². The molecule has 28 heavy (non-hydrogen) atoms. The van der Waals surface area contributed by atoms with Gasteiger partial charge in [0.15, 0.2) is 0 Å². The number of hydrogen-bond donors (Lipinski definition) is 2. The summed E-state index contributed by atoms with van der Waals surface area (Å²) in [5.41, 5.74) is 5.84. The van der Waals surface area contributed by atoms with Crippen molar-refractivity contribution in [1.82, 2.24) is 9.88 Å². The molecule has 3 aromatic rings. The van der Waals surface area contributed by atoms with Crippen LogP contribution in [0.1, 0.15) is 21.6 Å². The molecule has 4 nitrogen and oxygen atoms in total. The van der Waals surface area contributed by atoms with Crippen molar-refractivity contribution >= 4 is 17.5 Å². The molecule has 2 aromatic carbocycles. The van der Waals surface area contributed by atoms with Crippen molar-refractivity contribution in [2.45, 2.75) is 13.8 Å². The molecule has 1 heterocycles. The fourth-order valence-electron chi connectivity index (χ4n) is 3.22. The summed E-state index contributed by atoms with van der Waals surface area (Å²) in [4.78, 5) is 14.1. The molecule has 0 aliphatic rings. The number of carbonyl (C=O) groups is 1. The van der Waals surface area contributed by atoms with Crippen LogP contribution >= 0.6 is 11.6 Å². The molecule has 146 valence electrons. The van der Waals surface area contributed by atoms with Gasteiger partial charge in [0.2, 0.25) is 0 Å². The molecule has 0 aliphatic carbocycles. The Kier molecular flexibility index (Phi) is 6.22. The molecule has 0 radical (unpaired) electrons. The highest BCUT2D eigenvalue weighted by molar-refractivity contribution is 6.30. The van der Waals surface area contributed by atoms with Gasteiger partial charge < -0.3 is 14.8 Å². The SMILES string of the molecule is Cc1ccc(-n2c(-c3ccc(Cl)cc3)cc(C(=O)NCC[NH+](C)C)c2C)cc1. The Labute approximate surface area is 171 Å². The average Bonchev–Trinajstić information content (AvgIpc) is 3.00. The van der Waals surface area contributed by atoms with Crippen LogP contribution in [0.4, 0.5) is 0 Å². The maximum absolute atomic E-state index is 12.8. The Balaban J connectivity index is 2.05. The molecule has 0 saturated heterocycles. The van der Waals surface area contributed by atoms with Crippen molar-refractivity contribution in [2.75, 3.05) is 27.2 Å². The fraction of sp³-hybridized carbons (Fsp3) is 0.261. The molecule has 0 unspecified atom stereocenters. The first-order valence-corrected chi connectivity index (χ1v) is 9.87. The summed E-state index contributed by atoms with van der Waals surface area (Å²) < 4.78 is 2.13. The van der Waals surface area contributed by atoms with Crippen LogP contribution in [0.2, 0.25) is 5.02 Å². The smallest absolute Gasteiger partial charge is 0.253 e. The van der Waals surface area contributed by atoms with Crippen LogP contribution in [0.3, 0.4) is 0 Å². The second-order valence-electron chi connectivity index (χ2n) is 7.42. The van der Waals surface area contributed by atoms with Crippen LogP contribution in [0, 0.1) is 13.8 Å². The van der Waals surface area contributed by atoms with Crippen molar-refractivity contribution in [3.8, 4) is 16.9 Å². The molecule has 0 aliphatic heterocycles. The second kappa shape index (κ2) is 8.63. The molecule has 0 fully saturated rings. The van der Waals surface area contributed by atoms with Crippen LogP contribution in [0.5, 0.6) is 0 Å². The maximum Gasteiger partial charge on any atom is 0.253 e. The van der Waals surface area contributed by atoms with E-state index in [1.165, 1.54) is 10.5 Å². The first kappa shape index (κ1) is 20.2. The van der Waals surface area contributed by atoms with Gasteiger partial charge in [-0.2, -0.15) is 0 Å². The molecular formula is C23H27ClN3O+. The Morgan fingerprint density at radius 2 is 1.68 bits per heavy atom. The van der Waals surface area contributed by atoms with Crippen molar-refractivity contribution in [1.29, 1.82) is 0 Å². The van der Waals surface area contributed by atoms with E-state index < -0.39 is 0 Å². The molecule has 0 saturated carbocycles. The zero-order valence-electron chi connectivity index (χ0n) is 16.8. The number of nitrogens with zero attached hydrogens (tertiary/aromatic N) is 1. The molecule has 5 heteroatoms. The lowest BCUT2D eigenvalue weighted by molar-refractivity contribution is -0.856. The largest absolute Gasteiger partial charge is 0.346 e. The van der Waals surface area contributed by atoms with Gasteiger partial charge in [-0.15, -0.1) is 0 Å². The molecule has 0 atom stereocenters. The molecule has 1 amide bonds. The number of nitrogens with one attached hydrogen (secondary N) is 2. The van der Waals surface area contributed by atoms with E-state index in [9.17, 15) is 4.79 Å². The van der Waals surface area contributed by atoms with Gasteiger partial charge in [-0.1, -0.05) is 41.4 Å². The van der Waals surface area contributed by atoms with Crippen LogP contribution in [0.25, 0.3) is 16.9 Å². The normalized spacial score (nSPS) is 11.1. The van der Waals surface area contributed by atoms with Gasteiger partial charge in [0.05, 0.1) is 38.4 Å². The Morgan fingerprint density at radius 3 is 2.29 bits per heavy atom. The van der Waals surface area contributed by atoms with Crippen LogP contribution < -0.4 is 10.2 Å². The number of amides is 1. The summed E-state index contributed by atoms with van der Waals surface area (Å²) in [7, 11) is 4.15. The highest BCUT2D eigenvalue weighted by Crippen LogP contribution is 2.30. The minimum Gasteiger partial charge on any atom is -0.346 e. The van der Waals surface area contributed by atoms with E-state index in [2.05, 4.69) is 55.2 Å². The van der Waals surface area contributed by atoms with Gasteiger partial charge >= 0.3 is 0 Å². The molecule has 3 rings (SSSR count). The first-order valence-electron chi connectivity index (χ1n) is 9.49. The zero-order valence-corrected chi connectivity index (χ0v) is 17.6. The Hall–Kier alpha value is -2.56. The van der Waals surface area contributed by atoms with E-state index in [-0.39, 0.29) is 5.91 Å². The number of quaternary nitrogens is 1. The summed E-state index contributed by atoms with van der Waals surface area (Å²) in [5, 5.41) is 3.73. The van der Waals surface area contributed by atoms with Gasteiger partial charge in [0.1, 0.15) is 0 Å². The van der Waals surface area contributed by atoms with E-state index in [4.69, 9.17) is 11.6 Å². The summed E-state index contributed by atoms with van der Waals surface area (Å²) in [6.45, 7) is 5.59. The number of benzene rings is 2. The average molecular weight is 397 g/mol. The van der Waals surface area contributed by atoms with Crippen LogP contribution in [0.15, 0.2) is 54.6 Å². The van der Waals surface area contributed by atoms with E-state index in [0.29, 0.717) is 17.1 Å². The Morgan fingerprint density at radius 1 is 1.04 bits per heavy atom. The van der Waals surface area contributed by atoms with Gasteiger partial charge in [-0.05, 0) is 49.7 Å². The van der Waals surface area contributed by atoms with E-state index in [0.717, 1.165) is 29.2 Å². The molecule has 0 bridgehead atoms. The minimum absolute atomic E-state index is 0.0418. The van der Waals surface area contributed by atoms with E-state index >= 15 is 0 Å². The van der Waals surface area contributed by atoms with Crippen LogP contribution in [-0.2, 0) is 0 Å². The summed E-state index contributed by atoms with van der Waals surface area (Å²) in [5.74, 6) is -0.0418. The van der Waals surface area contributed by atoms with Crippen molar-refractivity contribution in [3.05, 3.63) is 76.4 Å². The number of aryl methyl sites for hydroxylation is 1. The van der Waals surface area contributed by atoms with Gasteiger partial charge in [-0.3, -0.25) is 4.79 Å². The standard InChI is InChI=1S/C23H26ClN3O/c1-16-5-11-20(12-6-16)27-17(2)21(23(28)25-13-14-26(3)4)15-22(27)18-7-9-19(24)10-8-18/h5-12,15H,13-14H2,1-4H3,(H,25,28)/p+1. The van der Waals surface area contributed by atoms with Gasteiger partial charge in [0, 0.05) is 16.4 Å². The molecule has 0 spiro atoms. The topological polar surface area (TPSA) is 38.5 Å². The quantitative estimate of drug-likeness (QED) is 0.659. The predicted octanol–water partition coefficient (Wildman–Crippen LogP) is 3.29. The number of rotatable bonds is 6. The van der Waals surface area contributed by atoms with Crippen molar-refractivity contribution in [2.24, 2.45) is 0 Å².